The molecule has 0 fully saturated rings. The molecule has 1 aliphatic heterocycles. The zero-order valence-corrected chi connectivity index (χ0v) is 9.19. The molecule has 0 bridgehead atoms. The number of hydrogen-bond acceptors (Lipinski definition) is 3. The second kappa shape index (κ2) is 4.53. The van der Waals surface area contributed by atoms with Gasteiger partial charge in [0.25, 0.3) is 0 Å². The fraction of sp³-hybridized carbons (Fsp3) is 0.417. The number of rotatable bonds is 2. The van der Waals surface area contributed by atoms with Crippen LogP contribution in [-0.4, -0.2) is 17.6 Å². The Labute approximate surface area is 94.2 Å². The van der Waals surface area contributed by atoms with Gasteiger partial charge in [0.1, 0.15) is 5.75 Å². The molecule has 4 nitrogen and oxygen atoms in total. The molecule has 0 unspecified atom stereocenters. The van der Waals surface area contributed by atoms with Crippen molar-refractivity contribution in [2.45, 2.75) is 26.0 Å². The summed E-state index contributed by atoms with van der Waals surface area (Å²) in [4.78, 5) is 11.1. The second-order valence-electron chi connectivity index (χ2n) is 3.92. The third kappa shape index (κ3) is 2.17. The van der Waals surface area contributed by atoms with E-state index in [0.29, 0.717) is 6.61 Å². The first-order chi connectivity index (χ1) is 7.70. The number of hydrogen-bond donors (Lipinski definition) is 2. The van der Waals surface area contributed by atoms with Crippen molar-refractivity contribution in [3.63, 3.8) is 0 Å². The summed E-state index contributed by atoms with van der Waals surface area (Å²) in [5.41, 5.74) is 1.81. The van der Waals surface area contributed by atoms with Crippen LogP contribution in [0.25, 0.3) is 0 Å². The first-order valence-electron chi connectivity index (χ1n) is 5.34. The van der Waals surface area contributed by atoms with Crippen LogP contribution in [0.15, 0.2) is 18.2 Å². The molecule has 4 heteroatoms. The first kappa shape index (κ1) is 11.0. The Morgan fingerprint density at radius 2 is 2.44 bits per heavy atom. The summed E-state index contributed by atoms with van der Waals surface area (Å²) < 4.78 is 5.52. The number of nitrogens with one attached hydrogen (secondary N) is 1. The highest BCUT2D eigenvalue weighted by Crippen LogP contribution is 2.32. The number of benzene rings is 1. The molecule has 0 saturated carbocycles. The third-order valence-corrected chi connectivity index (χ3v) is 2.68. The predicted octanol–water partition coefficient (Wildman–Crippen LogP) is 1.14. The lowest BCUT2D eigenvalue weighted by atomic mass is 9.99. The van der Waals surface area contributed by atoms with Gasteiger partial charge in [-0.2, -0.15) is 0 Å². The zero-order valence-electron chi connectivity index (χ0n) is 9.19. The summed E-state index contributed by atoms with van der Waals surface area (Å²) in [6.45, 7) is 2.10. The topological polar surface area (TPSA) is 58.6 Å². The van der Waals surface area contributed by atoms with Crippen LogP contribution < -0.4 is 10.1 Å². The van der Waals surface area contributed by atoms with E-state index in [0.717, 1.165) is 23.3 Å². The molecule has 0 radical (unpaired) electrons. The van der Waals surface area contributed by atoms with Crippen LogP contribution in [0.1, 0.15) is 30.5 Å². The SMILES string of the molecule is CC(=O)N[C@@H]1CCOc2cc(CO)ccc21. The van der Waals surface area contributed by atoms with Crippen LogP contribution in [0.2, 0.25) is 0 Å². The van der Waals surface area contributed by atoms with Gasteiger partial charge in [-0.15, -0.1) is 0 Å². The number of amides is 1. The van der Waals surface area contributed by atoms with Gasteiger partial charge in [0, 0.05) is 18.9 Å². The van der Waals surface area contributed by atoms with Gasteiger partial charge in [-0.3, -0.25) is 4.79 Å². The van der Waals surface area contributed by atoms with E-state index >= 15 is 0 Å². The number of carbonyl (C=O) groups is 1. The minimum Gasteiger partial charge on any atom is -0.493 e. The molecule has 1 heterocycles. The molecule has 86 valence electrons. The van der Waals surface area contributed by atoms with Crippen molar-refractivity contribution >= 4 is 5.91 Å². The number of ether oxygens (including phenoxy) is 1. The number of fused-ring (bicyclic) bond motifs is 1. The highest BCUT2D eigenvalue weighted by Gasteiger charge is 2.21. The van der Waals surface area contributed by atoms with E-state index in [-0.39, 0.29) is 18.6 Å². The summed E-state index contributed by atoms with van der Waals surface area (Å²) in [5.74, 6) is 0.723. The third-order valence-electron chi connectivity index (χ3n) is 2.68. The van der Waals surface area contributed by atoms with Gasteiger partial charge in [0.15, 0.2) is 0 Å². The maximum Gasteiger partial charge on any atom is 0.217 e. The van der Waals surface area contributed by atoms with E-state index in [1.54, 1.807) is 0 Å². The molecule has 2 rings (SSSR count). The zero-order chi connectivity index (χ0) is 11.5. The van der Waals surface area contributed by atoms with E-state index < -0.39 is 0 Å². The van der Waals surface area contributed by atoms with Gasteiger partial charge in [0.2, 0.25) is 5.91 Å². The average Bonchev–Trinajstić information content (AvgIpc) is 2.28. The van der Waals surface area contributed by atoms with Crippen LogP contribution in [0, 0.1) is 0 Å². The summed E-state index contributed by atoms with van der Waals surface area (Å²) in [6, 6.07) is 5.60. The average molecular weight is 221 g/mol. The Kier molecular flexibility index (Phi) is 3.10. The summed E-state index contributed by atoms with van der Waals surface area (Å²) in [7, 11) is 0. The summed E-state index contributed by atoms with van der Waals surface area (Å²) in [5, 5.41) is 11.9. The van der Waals surface area contributed by atoms with Gasteiger partial charge in [-0.05, 0) is 11.6 Å². The fourth-order valence-electron chi connectivity index (χ4n) is 1.93. The summed E-state index contributed by atoms with van der Waals surface area (Å²) in [6.07, 6.45) is 0.783. The maximum absolute atomic E-state index is 11.1. The molecule has 0 spiro atoms. The molecule has 1 aromatic carbocycles. The standard InChI is InChI=1S/C12H15NO3/c1-8(15)13-11-4-5-16-12-6-9(7-14)2-3-10(11)12/h2-3,6,11,14H,4-5,7H2,1H3,(H,13,15)/t11-/m1/s1. The smallest absolute Gasteiger partial charge is 0.217 e. The quantitative estimate of drug-likeness (QED) is 0.787. The molecular weight excluding hydrogens is 206 g/mol. The molecule has 0 aliphatic carbocycles. The molecule has 1 aromatic rings. The second-order valence-corrected chi connectivity index (χ2v) is 3.92. The number of aliphatic hydroxyl groups is 1. The van der Waals surface area contributed by atoms with Crippen molar-refractivity contribution in [1.29, 1.82) is 0 Å². The van der Waals surface area contributed by atoms with E-state index in [4.69, 9.17) is 9.84 Å². The van der Waals surface area contributed by atoms with Crippen molar-refractivity contribution < 1.29 is 14.6 Å². The number of aliphatic hydroxyl groups excluding tert-OH is 1. The van der Waals surface area contributed by atoms with E-state index in [9.17, 15) is 4.79 Å². The van der Waals surface area contributed by atoms with Crippen molar-refractivity contribution in [2.24, 2.45) is 0 Å². The number of carbonyl (C=O) groups excluding carboxylic acids is 1. The molecule has 1 atom stereocenters. The Balaban J connectivity index is 2.28. The minimum atomic E-state index is -0.0379. The normalized spacial score (nSPS) is 18.5. The molecular formula is C12H15NO3. The minimum absolute atomic E-state index is 0.00143. The van der Waals surface area contributed by atoms with Gasteiger partial charge in [-0.1, -0.05) is 12.1 Å². The van der Waals surface area contributed by atoms with Gasteiger partial charge < -0.3 is 15.2 Å². The Hall–Kier alpha value is -1.55. The molecule has 2 N–H and O–H groups in total. The first-order valence-corrected chi connectivity index (χ1v) is 5.34. The van der Waals surface area contributed by atoms with Gasteiger partial charge in [0.05, 0.1) is 19.3 Å². The highest BCUT2D eigenvalue weighted by atomic mass is 16.5. The van der Waals surface area contributed by atoms with E-state index in [1.165, 1.54) is 6.92 Å². The van der Waals surface area contributed by atoms with Gasteiger partial charge >= 0.3 is 0 Å². The Bertz CT molecular complexity index is 403. The fourth-order valence-corrected chi connectivity index (χ4v) is 1.93. The van der Waals surface area contributed by atoms with Crippen LogP contribution in [0.4, 0.5) is 0 Å². The van der Waals surface area contributed by atoms with Crippen molar-refractivity contribution in [1.82, 2.24) is 5.32 Å². The lowest BCUT2D eigenvalue weighted by molar-refractivity contribution is -0.119. The molecule has 0 aromatic heterocycles. The van der Waals surface area contributed by atoms with Crippen LogP contribution in [0.5, 0.6) is 5.75 Å². The monoisotopic (exact) mass is 221 g/mol. The summed E-state index contributed by atoms with van der Waals surface area (Å²) >= 11 is 0. The van der Waals surface area contributed by atoms with Crippen LogP contribution >= 0.6 is 0 Å². The highest BCUT2D eigenvalue weighted by molar-refractivity contribution is 5.73. The van der Waals surface area contributed by atoms with E-state index in [2.05, 4.69) is 5.32 Å². The predicted molar refractivity (Wildman–Crippen MR) is 59.0 cm³/mol. The molecule has 0 saturated heterocycles. The van der Waals surface area contributed by atoms with Crippen molar-refractivity contribution in [2.75, 3.05) is 6.61 Å². The van der Waals surface area contributed by atoms with Crippen molar-refractivity contribution in [3.05, 3.63) is 29.3 Å². The van der Waals surface area contributed by atoms with Crippen LogP contribution in [-0.2, 0) is 11.4 Å². The van der Waals surface area contributed by atoms with Gasteiger partial charge in [-0.25, -0.2) is 0 Å². The molecule has 1 amide bonds. The lowest BCUT2D eigenvalue weighted by Gasteiger charge is -2.26. The molecule has 16 heavy (non-hydrogen) atoms. The maximum atomic E-state index is 11.1. The molecule has 1 aliphatic rings. The largest absolute Gasteiger partial charge is 0.493 e. The van der Waals surface area contributed by atoms with Crippen LogP contribution in [0.3, 0.4) is 0 Å². The Morgan fingerprint density at radius 1 is 1.62 bits per heavy atom. The lowest BCUT2D eigenvalue weighted by Crippen LogP contribution is -2.30. The van der Waals surface area contributed by atoms with Crippen molar-refractivity contribution in [3.8, 4) is 5.75 Å². The Morgan fingerprint density at radius 3 is 3.12 bits per heavy atom. The van der Waals surface area contributed by atoms with E-state index in [1.807, 2.05) is 18.2 Å².